The van der Waals surface area contributed by atoms with Gasteiger partial charge < -0.3 is 10.1 Å². The highest BCUT2D eigenvalue weighted by molar-refractivity contribution is 9.10. The van der Waals surface area contributed by atoms with Crippen LogP contribution in [0.1, 0.15) is 0 Å². The Bertz CT molecular complexity index is 617. The van der Waals surface area contributed by atoms with Crippen molar-refractivity contribution >= 4 is 27.5 Å². The molecule has 0 atom stereocenters. The predicted molar refractivity (Wildman–Crippen MR) is 74.6 cm³/mol. The third-order valence-corrected chi connectivity index (χ3v) is 3.03. The third-order valence-electron chi connectivity index (χ3n) is 2.39. The maximum atomic E-state index is 13.2. The maximum absolute atomic E-state index is 13.2. The zero-order valence-electron chi connectivity index (χ0n) is 10.2. The molecule has 0 heterocycles. The molecule has 0 aromatic heterocycles. The van der Waals surface area contributed by atoms with Gasteiger partial charge in [-0.25, -0.2) is 8.78 Å². The molecule has 0 radical (unpaired) electrons. The fraction of sp³-hybridized carbons (Fsp3) is 0.0714. The molecule has 104 valence electrons. The topological polar surface area (TPSA) is 38.3 Å². The molecule has 0 fully saturated rings. The van der Waals surface area contributed by atoms with Gasteiger partial charge in [0.15, 0.2) is 6.61 Å². The summed E-state index contributed by atoms with van der Waals surface area (Å²) in [4.78, 5) is 11.6. The number of carbonyl (C=O) groups is 1. The van der Waals surface area contributed by atoms with Crippen molar-refractivity contribution < 1.29 is 18.3 Å². The molecular weight excluding hydrogens is 332 g/mol. The normalized spacial score (nSPS) is 10.2. The summed E-state index contributed by atoms with van der Waals surface area (Å²) in [5, 5.41) is 2.53. The second-order valence-electron chi connectivity index (χ2n) is 3.92. The summed E-state index contributed by atoms with van der Waals surface area (Å²) in [6.07, 6.45) is 0. The van der Waals surface area contributed by atoms with Gasteiger partial charge in [-0.1, -0.05) is 0 Å². The Morgan fingerprint density at radius 2 is 1.85 bits per heavy atom. The van der Waals surface area contributed by atoms with Crippen molar-refractivity contribution in [1.82, 2.24) is 0 Å². The number of amides is 1. The van der Waals surface area contributed by atoms with E-state index in [1.165, 1.54) is 36.4 Å². The highest BCUT2D eigenvalue weighted by Gasteiger charge is 2.06. The fourth-order valence-corrected chi connectivity index (χ4v) is 1.69. The lowest BCUT2D eigenvalue weighted by Crippen LogP contribution is -2.20. The van der Waals surface area contributed by atoms with Crippen molar-refractivity contribution in [2.45, 2.75) is 0 Å². The van der Waals surface area contributed by atoms with E-state index in [9.17, 15) is 13.6 Å². The molecule has 0 saturated heterocycles. The molecule has 1 N–H and O–H groups in total. The zero-order valence-corrected chi connectivity index (χ0v) is 11.8. The van der Waals surface area contributed by atoms with Gasteiger partial charge in [0.25, 0.3) is 5.91 Å². The van der Waals surface area contributed by atoms with Crippen LogP contribution in [-0.2, 0) is 4.79 Å². The van der Waals surface area contributed by atoms with Crippen LogP contribution in [0.15, 0.2) is 46.9 Å². The van der Waals surface area contributed by atoms with Gasteiger partial charge >= 0.3 is 0 Å². The van der Waals surface area contributed by atoms with Crippen molar-refractivity contribution in [3.05, 3.63) is 58.6 Å². The van der Waals surface area contributed by atoms with Gasteiger partial charge in [0.05, 0.1) is 4.47 Å². The van der Waals surface area contributed by atoms with Gasteiger partial charge in [-0.2, -0.15) is 0 Å². The molecule has 1 amide bonds. The highest BCUT2D eigenvalue weighted by Crippen LogP contribution is 2.20. The van der Waals surface area contributed by atoms with E-state index in [4.69, 9.17) is 4.74 Å². The van der Waals surface area contributed by atoms with Crippen molar-refractivity contribution in [1.29, 1.82) is 0 Å². The number of hydrogen-bond donors (Lipinski definition) is 1. The van der Waals surface area contributed by atoms with E-state index in [1.54, 1.807) is 6.07 Å². The lowest BCUT2D eigenvalue weighted by Gasteiger charge is -2.08. The van der Waals surface area contributed by atoms with Gasteiger partial charge in [-0.15, -0.1) is 0 Å². The first kappa shape index (κ1) is 14.5. The minimum Gasteiger partial charge on any atom is -0.484 e. The zero-order chi connectivity index (χ0) is 14.5. The van der Waals surface area contributed by atoms with E-state index in [0.29, 0.717) is 10.2 Å². The van der Waals surface area contributed by atoms with E-state index >= 15 is 0 Å². The van der Waals surface area contributed by atoms with Gasteiger partial charge in [0.2, 0.25) is 0 Å². The Morgan fingerprint density at radius 1 is 1.15 bits per heavy atom. The van der Waals surface area contributed by atoms with Crippen LogP contribution in [0.3, 0.4) is 0 Å². The molecule has 20 heavy (non-hydrogen) atoms. The number of rotatable bonds is 4. The number of benzene rings is 2. The molecule has 0 bridgehead atoms. The Balaban J connectivity index is 1.88. The molecule has 0 aliphatic heterocycles. The molecule has 0 saturated carbocycles. The summed E-state index contributed by atoms with van der Waals surface area (Å²) >= 11 is 3.02. The molecule has 2 rings (SSSR count). The smallest absolute Gasteiger partial charge is 0.262 e. The second kappa shape index (κ2) is 6.47. The van der Waals surface area contributed by atoms with Gasteiger partial charge in [-0.3, -0.25) is 4.79 Å². The van der Waals surface area contributed by atoms with Gasteiger partial charge in [0, 0.05) is 11.8 Å². The number of hydrogen-bond acceptors (Lipinski definition) is 2. The average Bonchev–Trinajstić information content (AvgIpc) is 2.43. The van der Waals surface area contributed by atoms with E-state index < -0.39 is 11.7 Å². The van der Waals surface area contributed by atoms with Crippen LogP contribution < -0.4 is 10.1 Å². The van der Waals surface area contributed by atoms with E-state index in [-0.39, 0.29) is 18.2 Å². The molecule has 2 aromatic carbocycles. The van der Waals surface area contributed by atoms with Gasteiger partial charge in [-0.05, 0) is 52.3 Å². The van der Waals surface area contributed by atoms with Crippen LogP contribution >= 0.6 is 15.9 Å². The first-order valence-electron chi connectivity index (χ1n) is 5.68. The number of carbonyl (C=O) groups excluding carboxylic acids is 1. The van der Waals surface area contributed by atoms with E-state index in [0.717, 1.165) is 0 Å². The summed E-state index contributed by atoms with van der Waals surface area (Å²) in [5.74, 6) is -1.02. The summed E-state index contributed by atoms with van der Waals surface area (Å²) in [7, 11) is 0. The fourth-order valence-electron chi connectivity index (χ4n) is 1.45. The van der Waals surface area contributed by atoms with Crippen LogP contribution in [0.5, 0.6) is 5.75 Å². The Labute approximate surface area is 122 Å². The number of anilines is 1. The first-order valence-corrected chi connectivity index (χ1v) is 6.47. The maximum Gasteiger partial charge on any atom is 0.262 e. The highest BCUT2D eigenvalue weighted by atomic mass is 79.9. The monoisotopic (exact) mass is 341 g/mol. The quantitative estimate of drug-likeness (QED) is 0.919. The van der Waals surface area contributed by atoms with Crippen molar-refractivity contribution in [2.75, 3.05) is 11.9 Å². The number of nitrogens with one attached hydrogen (secondary N) is 1. The number of ether oxygens (including phenoxy) is 1. The molecule has 2 aromatic rings. The van der Waals surface area contributed by atoms with Crippen LogP contribution in [0.25, 0.3) is 0 Å². The number of halogens is 3. The Kier molecular flexibility index (Phi) is 4.68. The van der Waals surface area contributed by atoms with Crippen LogP contribution in [0.2, 0.25) is 0 Å². The average molecular weight is 342 g/mol. The van der Waals surface area contributed by atoms with E-state index in [2.05, 4.69) is 21.2 Å². The van der Waals surface area contributed by atoms with Gasteiger partial charge in [0.1, 0.15) is 17.4 Å². The molecule has 6 heteroatoms. The van der Waals surface area contributed by atoms with Crippen LogP contribution in [0, 0.1) is 11.6 Å². The second-order valence-corrected chi connectivity index (χ2v) is 4.77. The lowest BCUT2D eigenvalue weighted by atomic mass is 10.3. The molecule has 0 aliphatic carbocycles. The summed E-state index contributed by atoms with van der Waals surface area (Å²) in [6, 6.07) is 9.55. The van der Waals surface area contributed by atoms with Crippen molar-refractivity contribution in [3.63, 3.8) is 0 Å². The SMILES string of the molecule is O=C(COc1ccc(Br)c(F)c1)Nc1ccc(F)cc1. The largest absolute Gasteiger partial charge is 0.484 e. The van der Waals surface area contributed by atoms with Crippen LogP contribution in [0.4, 0.5) is 14.5 Å². The summed E-state index contributed by atoms with van der Waals surface area (Å²) < 4.78 is 31.4. The Hall–Kier alpha value is -1.95. The third kappa shape index (κ3) is 4.03. The van der Waals surface area contributed by atoms with E-state index in [1.807, 2.05) is 0 Å². The predicted octanol–water partition coefficient (Wildman–Crippen LogP) is 3.74. The van der Waals surface area contributed by atoms with Crippen molar-refractivity contribution in [2.24, 2.45) is 0 Å². The minimum absolute atomic E-state index is 0.250. The van der Waals surface area contributed by atoms with Crippen LogP contribution in [-0.4, -0.2) is 12.5 Å². The standard InChI is InChI=1S/C14H10BrF2NO2/c15-12-6-5-11(7-13(12)17)20-8-14(19)18-10-3-1-9(16)2-4-10/h1-7H,8H2,(H,18,19). The molecule has 0 unspecified atom stereocenters. The summed E-state index contributed by atoms with van der Waals surface area (Å²) in [6.45, 7) is -0.265. The summed E-state index contributed by atoms with van der Waals surface area (Å²) in [5.41, 5.74) is 0.460. The lowest BCUT2D eigenvalue weighted by molar-refractivity contribution is -0.118. The Morgan fingerprint density at radius 3 is 2.50 bits per heavy atom. The van der Waals surface area contributed by atoms with Crippen molar-refractivity contribution in [3.8, 4) is 5.75 Å². The minimum atomic E-state index is -0.471. The molecular formula is C14H10BrF2NO2. The molecule has 3 nitrogen and oxygen atoms in total. The first-order chi connectivity index (χ1) is 9.54. The molecule has 0 aliphatic rings. The molecule has 0 spiro atoms.